The largest absolute Gasteiger partial charge is 0.493 e. The van der Waals surface area contributed by atoms with Gasteiger partial charge in [-0.15, -0.1) is 6.42 Å². The van der Waals surface area contributed by atoms with E-state index in [4.69, 9.17) is 44.5 Å². The van der Waals surface area contributed by atoms with Crippen molar-refractivity contribution in [1.82, 2.24) is 9.80 Å². The van der Waals surface area contributed by atoms with Crippen LogP contribution in [0.5, 0.6) is 11.5 Å². The van der Waals surface area contributed by atoms with E-state index in [1.54, 1.807) is 23.1 Å². The van der Waals surface area contributed by atoms with Crippen LogP contribution in [0.2, 0.25) is 5.02 Å². The molecule has 3 rings (SSSR count). The minimum absolute atomic E-state index is 0.0806. The number of carbonyl (C=O) groups excluding carboxylic acids is 1. The summed E-state index contributed by atoms with van der Waals surface area (Å²) in [5, 5.41) is 0.355. The van der Waals surface area contributed by atoms with Crippen LogP contribution < -0.4 is 9.47 Å². The van der Waals surface area contributed by atoms with Gasteiger partial charge in [0.1, 0.15) is 10.9 Å². The van der Waals surface area contributed by atoms with Gasteiger partial charge in [0.2, 0.25) is 0 Å². The molecule has 0 N–H and O–H groups in total. The first kappa shape index (κ1) is 21.9. The van der Waals surface area contributed by atoms with Gasteiger partial charge in [-0.2, -0.15) is 0 Å². The smallest absolute Gasteiger partial charge is 0.266 e. The van der Waals surface area contributed by atoms with E-state index < -0.39 is 0 Å². The zero-order valence-corrected chi connectivity index (χ0v) is 18.4. The molecule has 6 nitrogen and oxygen atoms in total. The maximum absolute atomic E-state index is 12.8. The van der Waals surface area contributed by atoms with Gasteiger partial charge in [-0.25, -0.2) is 0 Å². The number of nitrogens with zero attached hydrogens (tertiary/aromatic N) is 2. The summed E-state index contributed by atoms with van der Waals surface area (Å²) in [7, 11) is 1.52. The van der Waals surface area contributed by atoms with Crippen molar-refractivity contribution in [2.45, 2.75) is 0 Å². The predicted octanol–water partition coefficient (Wildman–Crippen LogP) is 2.89. The Morgan fingerprint density at radius 3 is 2.83 bits per heavy atom. The lowest BCUT2D eigenvalue weighted by Gasteiger charge is -2.28. The highest BCUT2D eigenvalue weighted by molar-refractivity contribution is 8.26. The van der Waals surface area contributed by atoms with Crippen molar-refractivity contribution in [2.75, 3.05) is 53.1 Å². The van der Waals surface area contributed by atoms with Crippen LogP contribution in [-0.4, -0.2) is 73.1 Å². The lowest BCUT2D eigenvalue weighted by Crippen LogP contribution is -2.42. The van der Waals surface area contributed by atoms with Crippen molar-refractivity contribution in [1.29, 1.82) is 0 Å². The van der Waals surface area contributed by atoms with Gasteiger partial charge >= 0.3 is 0 Å². The number of hydrogen-bond donors (Lipinski definition) is 0. The molecule has 0 atom stereocenters. The fraction of sp³-hybridized carbons (Fsp3) is 0.400. The minimum atomic E-state index is -0.101. The zero-order chi connectivity index (χ0) is 20.8. The van der Waals surface area contributed by atoms with Gasteiger partial charge in [0.25, 0.3) is 5.91 Å². The van der Waals surface area contributed by atoms with Crippen LogP contribution in [0.25, 0.3) is 6.08 Å². The molecule has 2 heterocycles. The number of ether oxygens (including phenoxy) is 3. The van der Waals surface area contributed by atoms with E-state index in [9.17, 15) is 4.79 Å². The summed E-state index contributed by atoms with van der Waals surface area (Å²) in [5.74, 6) is 3.11. The Hall–Kier alpha value is -1.76. The number of rotatable bonds is 7. The Bertz CT molecular complexity index is 863. The lowest BCUT2D eigenvalue weighted by atomic mass is 10.1. The van der Waals surface area contributed by atoms with E-state index in [1.807, 2.05) is 0 Å². The molecule has 0 bridgehead atoms. The molecule has 2 fully saturated rings. The van der Waals surface area contributed by atoms with Gasteiger partial charge in [0.15, 0.2) is 11.5 Å². The molecular weight excluding hydrogens is 432 g/mol. The van der Waals surface area contributed by atoms with Crippen molar-refractivity contribution < 1.29 is 19.0 Å². The van der Waals surface area contributed by atoms with E-state index in [1.165, 1.54) is 18.9 Å². The van der Waals surface area contributed by atoms with Crippen LogP contribution in [0, 0.1) is 12.3 Å². The molecule has 0 radical (unpaired) electrons. The van der Waals surface area contributed by atoms with Crippen molar-refractivity contribution in [3.05, 3.63) is 27.6 Å². The molecule has 29 heavy (non-hydrogen) atoms. The topological polar surface area (TPSA) is 51.2 Å². The molecule has 0 unspecified atom stereocenters. The molecule has 0 aromatic heterocycles. The van der Waals surface area contributed by atoms with Gasteiger partial charge in [-0.1, -0.05) is 41.5 Å². The molecular formula is C20H21ClN2O4S2. The number of hydrogen-bond acceptors (Lipinski definition) is 7. The Morgan fingerprint density at radius 2 is 2.14 bits per heavy atom. The van der Waals surface area contributed by atoms with Crippen molar-refractivity contribution >= 4 is 51.9 Å². The number of thioether (sulfide) groups is 1. The highest BCUT2D eigenvalue weighted by Gasteiger charge is 2.32. The normalized spacial score (nSPS) is 18.9. The number of benzene rings is 1. The molecule has 2 aliphatic rings. The molecule has 1 aromatic rings. The summed E-state index contributed by atoms with van der Waals surface area (Å²) in [4.78, 5) is 17.3. The summed E-state index contributed by atoms with van der Waals surface area (Å²) in [6.45, 7) is 4.60. The van der Waals surface area contributed by atoms with Crippen LogP contribution in [0.1, 0.15) is 5.56 Å². The zero-order valence-electron chi connectivity index (χ0n) is 16.0. The first-order chi connectivity index (χ1) is 14.0. The van der Waals surface area contributed by atoms with E-state index in [0.717, 1.165) is 32.8 Å². The average molecular weight is 453 g/mol. The number of morpholine rings is 1. The third-order valence-electron chi connectivity index (χ3n) is 4.47. The number of halogens is 1. The average Bonchev–Trinajstić information content (AvgIpc) is 2.98. The molecule has 2 aliphatic heterocycles. The van der Waals surface area contributed by atoms with Gasteiger partial charge in [-0.3, -0.25) is 14.6 Å². The second-order valence-electron chi connectivity index (χ2n) is 6.31. The molecule has 1 amide bonds. The maximum atomic E-state index is 12.8. The summed E-state index contributed by atoms with van der Waals surface area (Å²) >= 11 is 13.0. The van der Waals surface area contributed by atoms with Crippen LogP contribution in [0.4, 0.5) is 0 Å². The number of methoxy groups -OCH3 is 1. The molecule has 9 heteroatoms. The first-order valence-electron chi connectivity index (χ1n) is 9.02. The number of thiocarbonyl (C=S) groups is 1. The molecule has 1 aromatic carbocycles. The minimum Gasteiger partial charge on any atom is -0.493 e. The van der Waals surface area contributed by atoms with Crippen LogP contribution in [-0.2, 0) is 9.53 Å². The van der Waals surface area contributed by atoms with E-state index in [-0.39, 0.29) is 12.5 Å². The quantitative estimate of drug-likeness (QED) is 0.358. The summed E-state index contributed by atoms with van der Waals surface area (Å²) in [5.41, 5.74) is 0.716. The predicted molar refractivity (Wildman–Crippen MR) is 119 cm³/mol. The maximum Gasteiger partial charge on any atom is 0.266 e. The number of amides is 1. The molecule has 2 saturated heterocycles. The van der Waals surface area contributed by atoms with E-state index >= 15 is 0 Å². The second kappa shape index (κ2) is 10.3. The molecule has 0 saturated carbocycles. The lowest BCUT2D eigenvalue weighted by molar-refractivity contribution is -0.122. The Morgan fingerprint density at radius 1 is 1.38 bits per heavy atom. The molecule has 0 spiro atoms. The molecule has 154 valence electrons. The third kappa shape index (κ3) is 5.44. The van der Waals surface area contributed by atoms with Gasteiger partial charge in [0.05, 0.1) is 30.3 Å². The van der Waals surface area contributed by atoms with Crippen molar-refractivity contribution in [2.24, 2.45) is 0 Å². The van der Waals surface area contributed by atoms with E-state index in [0.29, 0.717) is 37.9 Å². The summed E-state index contributed by atoms with van der Waals surface area (Å²) in [6, 6.07) is 3.45. The summed E-state index contributed by atoms with van der Waals surface area (Å²) in [6.07, 6.45) is 6.99. The third-order valence-corrected chi connectivity index (χ3v) is 6.13. The van der Waals surface area contributed by atoms with E-state index in [2.05, 4.69) is 10.8 Å². The monoisotopic (exact) mass is 452 g/mol. The van der Waals surface area contributed by atoms with Crippen LogP contribution >= 0.6 is 35.6 Å². The fourth-order valence-electron chi connectivity index (χ4n) is 2.99. The Balaban J connectivity index is 1.73. The molecule has 0 aliphatic carbocycles. The van der Waals surface area contributed by atoms with Crippen LogP contribution in [0.3, 0.4) is 0 Å². The van der Waals surface area contributed by atoms with Crippen LogP contribution in [0.15, 0.2) is 17.0 Å². The fourth-order valence-corrected chi connectivity index (χ4v) is 4.57. The second-order valence-corrected chi connectivity index (χ2v) is 8.40. The van der Waals surface area contributed by atoms with Crippen molar-refractivity contribution in [3.8, 4) is 23.8 Å². The summed E-state index contributed by atoms with van der Waals surface area (Å²) < 4.78 is 16.7. The highest BCUT2D eigenvalue weighted by atomic mass is 35.5. The van der Waals surface area contributed by atoms with Crippen molar-refractivity contribution in [3.63, 3.8) is 0 Å². The first-order valence-corrected chi connectivity index (χ1v) is 10.6. The number of carbonyl (C=O) groups is 1. The number of terminal acetylenes is 1. The Kier molecular flexibility index (Phi) is 7.81. The van der Waals surface area contributed by atoms with Gasteiger partial charge < -0.3 is 14.2 Å². The van der Waals surface area contributed by atoms with Gasteiger partial charge in [-0.05, 0) is 23.8 Å². The standard InChI is InChI=1S/C20H21ClN2O4S2/c1-3-8-27-18-15(21)11-14(12-16(18)25-2)13-17-19(24)23(20(28)29-17)5-4-22-6-9-26-10-7-22/h1,11-13H,4-10H2,2H3/b17-13+. The highest BCUT2D eigenvalue weighted by Crippen LogP contribution is 2.39. The Labute approximate surface area is 185 Å². The van der Waals surface area contributed by atoms with Gasteiger partial charge in [0, 0.05) is 26.2 Å². The SMILES string of the molecule is C#CCOc1c(Cl)cc(/C=C2/SC(=S)N(CCN3CCOCC3)C2=O)cc1OC.